The third-order valence-corrected chi connectivity index (χ3v) is 13.2. The third-order valence-electron chi connectivity index (χ3n) is 7.66. The van der Waals surface area contributed by atoms with Crippen molar-refractivity contribution in [3.05, 3.63) is 23.9 Å². The Morgan fingerprint density at radius 1 is 1.21 bits per heavy atom. The molecule has 0 bridgehead atoms. The number of fused-ring (bicyclic) bond motifs is 3. The molecule has 2 aliphatic heterocycles. The van der Waals surface area contributed by atoms with Gasteiger partial charge in [-0.15, -0.1) is 0 Å². The molecule has 1 unspecified atom stereocenters. The van der Waals surface area contributed by atoms with Crippen molar-refractivity contribution in [2.24, 2.45) is 11.8 Å². The first-order valence-electron chi connectivity index (χ1n) is 12.3. The molecule has 0 aromatic rings. The van der Waals surface area contributed by atoms with Crippen LogP contribution in [0.4, 0.5) is 0 Å². The van der Waals surface area contributed by atoms with Crippen LogP contribution in [-0.2, 0) is 23.2 Å². The van der Waals surface area contributed by atoms with Gasteiger partial charge in [-0.2, -0.15) is 0 Å². The highest BCUT2D eigenvalue weighted by molar-refractivity contribution is 6.74. The number of hydrogen-bond donors (Lipinski definition) is 0. The lowest BCUT2D eigenvalue weighted by Crippen LogP contribution is -2.65. The summed E-state index contributed by atoms with van der Waals surface area (Å²) in [5.74, 6) is -0.576. The summed E-state index contributed by atoms with van der Waals surface area (Å²) in [5.41, 5.74) is 1.41. The van der Waals surface area contributed by atoms with Crippen LogP contribution in [-0.4, -0.2) is 58.3 Å². The van der Waals surface area contributed by atoms with Crippen molar-refractivity contribution in [3.8, 4) is 0 Å². The van der Waals surface area contributed by atoms with Crippen LogP contribution >= 0.6 is 0 Å². The Labute approximate surface area is 202 Å². The van der Waals surface area contributed by atoms with Crippen molar-refractivity contribution in [1.82, 2.24) is 4.90 Å². The van der Waals surface area contributed by atoms with E-state index in [1.54, 1.807) is 11.0 Å². The molecule has 3 aliphatic rings. The number of nitrogens with zero attached hydrogens (tertiary/aromatic N) is 1. The first-order valence-corrected chi connectivity index (χ1v) is 18.6. The molecule has 0 spiro atoms. The Kier molecular flexibility index (Phi) is 7.27. The molecule has 1 aliphatic carbocycles. The van der Waals surface area contributed by atoms with Gasteiger partial charge in [0.2, 0.25) is 5.91 Å². The van der Waals surface area contributed by atoms with Crippen LogP contribution in [0.15, 0.2) is 23.9 Å². The van der Waals surface area contributed by atoms with Gasteiger partial charge in [0.05, 0.1) is 24.2 Å². The monoisotopic (exact) mass is 493 g/mol. The Hall–Kier alpha value is -1.23. The second-order valence-electron chi connectivity index (χ2n) is 12.3. The second kappa shape index (κ2) is 9.09. The van der Waals surface area contributed by atoms with E-state index >= 15 is 0 Å². The number of rotatable bonds is 8. The number of carbonyl (C=O) groups is 2. The minimum absolute atomic E-state index is 0.0228. The van der Waals surface area contributed by atoms with E-state index in [0.29, 0.717) is 5.70 Å². The van der Waals surface area contributed by atoms with Crippen LogP contribution in [0.25, 0.3) is 0 Å². The Morgan fingerprint density at radius 2 is 1.85 bits per heavy atom. The third kappa shape index (κ3) is 4.95. The molecule has 0 N–H and O–H groups in total. The number of carbonyl (C=O) groups excluding carboxylic acids is 2. The highest BCUT2D eigenvalue weighted by Crippen LogP contribution is 2.54. The molecule has 1 saturated carbocycles. The summed E-state index contributed by atoms with van der Waals surface area (Å²) in [4.78, 5) is 28.4. The zero-order valence-corrected chi connectivity index (χ0v) is 24.0. The van der Waals surface area contributed by atoms with Crippen LogP contribution in [0.3, 0.4) is 0 Å². The van der Waals surface area contributed by atoms with Crippen LogP contribution in [0, 0.1) is 11.8 Å². The quantitative estimate of drug-likeness (QED) is 0.200. The smallest absolute Gasteiger partial charge is 0.355 e. The highest BCUT2D eigenvalue weighted by atomic mass is 28.4. The lowest BCUT2D eigenvalue weighted by molar-refractivity contribution is -0.163. The van der Waals surface area contributed by atoms with Gasteiger partial charge >= 0.3 is 5.97 Å². The van der Waals surface area contributed by atoms with E-state index in [4.69, 9.17) is 13.6 Å². The molecule has 8 heteroatoms. The molecule has 2 fully saturated rings. The summed E-state index contributed by atoms with van der Waals surface area (Å²) in [7, 11) is -3.89. The summed E-state index contributed by atoms with van der Waals surface area (Å²) in [5, 5.41) is 0.0631. The van der Waals surface area contributed by atoms with Crippen LogP contribution in [0.1, 0.15) is 47.0 Å². The summed E-state index contributed by atoms with van der Waals surface area (Å²) in [6.07, 6.45) is 4.10. The molecule has 1 amide bonds. The maximum atomic E-state index is 13.5. The normalized spacial score (nSPS) is 28.8. The van der Waals surface area contributed by atoms with E-state index in [2.05, 4.69) is 60.1 Å². The molecule has 0 aromatic heterocycles. The number of esters is 1. The van der Waals surface area contributed by atoms with Crippen molar-refractivity contribution in [2.45, 2.75) is 103 Å². The molecular weight excluding hydrogens is 450 g/mol. The van der Waals surface area contributed by atoms with Crippen molar-refractivity contribution in [1.29, 1.82) is 0 Å². The minimum Gasteiger partial charge on any atom is -0.457 e. The van der Waals surface area contributed by atoms with Gasteiger partial charge in [-0.25, -0.2) is 4.79 Å². The van der Waals surface area contributed by atoms with E-state index < -0.39 is 22.6 Å². The van der Waals surface area contributed by atoms with Gasteiger partial charge in [0.25, 0.3) is 0 Å². The van der Waals surface area contributed by atoms with Gasteiger partial charge in [0.1, 0.15) is 12.3 Å². The Bertz CT molecular complexity index is 839. The predicted octanol–water partition coefficient (Wildman–Crippen LogP) is 5.24. The van der Waals surface area contributed by atoms with E-state index in [1.807, 2.05) is 6.92 Å². The van der Waals surface area contributed by atoms with Gasteiger partial charge in [0.15, 0.2) is 16.6 Å². The number of β-lactam (4-membered cyclic amide) rings is 1. The van der Waals surface area contributed by atoms with Crippen LogP contribution in [0.2, 0.25) is 37.8 Å². The molecule has 33 heavy (non-hydrogen) atoms. The summed E-state index contributed by atoms with van der Waals surface area (Å²) in [6.45, 7) is 23.4. The van der Waals surface area contributed by atoms with Gasteiger partial charge in [-0.3, -0.25) is 4.79 Å². The van der Waals surface area contributed by atoms with Crippen molar-refractivity contribution in [2.75, 3.05) is 6.61 Å². The zero-order valence-electron chi connectivity index (χ0n) is 22.0. The Balaban J connectivity index is 1.95. The summed E-state index contributed by atoms with van der Waals surface area (Å²) >= 11 is 0. The number of ether oxygens (including phenoxy) is 1. The molecule has 186 valence electrons. The van der Waals surface area contributed by atoms with Crippen molar-refractivity contribution >= 4 is 28.5 Å². The molecule has 0 radical (unpaired) electrons. The highest BCUT2D eigenvalue weighted by Gasteiger charge is 2.63. The van der Waals surface area contributed by atoms with Gasteiger partial charge in [0, 0.05) is 5.92 Å². The molecule has 0 aromatic carbocycles. The van der Waals surface area contributed by atoms with Crippen molar-refractivity contribution in [3.63, 3.8) is 0 Å². The fourth-order valence-electron chi connectivity index (χ4n) is 5.28. The first-order chi connectivity index (χ1) is 15.1. The fourth-order valence-corrected chi connectivity index (χ4v) is 7.81. The van der Waals surface area contributed by atoms with Crippen molar-refractivity contribution < 1.29 is 23.2 Å². The molecule has 5 atom stereocenters. The number of amides is 1. The second-order valence-corrected chi connectivity index (χ2v) is 21.5. The number of hydrogen-bond acceptors (Lipinski definition) is 5. The maximum Gasteiger partial charge on any atom is 0.355 e. The topological polar surface area (TPSA) is 65.1 Å². The van der Waals surface area contributed by atoms with E-state index in [-0.39, 0.29) is 47.6 Å². The molecular formula is C25H43NO5Si2. The zero-order chi connectivity index (χ0) is 24.9. The molecule has 6 nitrogen and oxygen atoms in total. The van der Waals surface area contributed by atoms with Gasteiger partial charge in [-0.1, -0.05) is 33.4 Å². The van der Waals surface area contributed by atoms with E-state index in [0.717, 1.165) is 24.8 Å². The molecule has 2 heterocycles. The lowest BCUT2D eigenvalue weighted by Gasteiger charge is -2.51. The SMILES string of the molecule is C=CCOC(=O)C1=C2[C@@H](O[Si](C)(C)C)CCC[C@@H]2[C@@H]2[C@@H](C(C)O[Si](C)(C)C(C)(C)C)C(=O)N12. The minimum atomic E-state index is -2.04. The largest absolute Gasteiger partial charge is 0.457 e. The molecule has 1 saturated heterocycles. The Morgan fingerprint density at radius 3 is 2.39 bits per heavy atom. The van der Waals surface area contributed by atoms with Crippen LogP contribution < -0.4 is 0 Å². The maximum absolute atomic E-state index is 13.5. The van der Waals surface area contributed by atoms with Gasteiger partial charge < -0.3 is 18.5 Å². The standard InChI is InChI=1S/C25H43NO5Si2/c1-11-15-29-24(28)22-20-17(13-12-14-18(20)31-32(6,7)8)21-19(23(27)26(21)22)16(2)30-33(9,10)25(3,4)5/h11,16-19,21H,1,12-15H2,2-10H3/t16?,17-,18-,19+,21+/m0/s1. The van der Waals surface area contributed by atoms with Crippen LogP contribution in [0.5, 0.6) is 0 Å². The lowest BCUT2D eigenvalue weighted by atomic mass is 9.72. The fraction of sp³-hybridized carbons (Fsp3) is 0.760. The average Bonchev–Trinajstić information content (AvgIpc) is 2.95. The summed E-state index contributed by atoms with van der Waals surface area (Å²) < 4.78 is 18.6. The van der Waals surface area contributed by atoms with Gasteiger partial charge in [-0.05, 0) is 69.5 Å². The average molecular weight is 494 g/mol. The first kappa shape index (κ1) is 26.4. The van der Waals surface area contributed by atoms with E-state index in [1.165, 1.54) is 0 Å². The summed E-state index contributed by atoms with van der Waals surface area (Å²) in [6, 6.07) is -0.0495. The molecule has 3 rings (SSSR count). The predicted molar refractivity (Wildman–Crippen MR) is 136 cm³/mol. The van der Waals surface area contributed by atoms with E-state index in [9.17, 15) is 9.59 Å².